The lowest BCUT2D eigenvalue weighted by Crippen LogP contribution is -2.82. The van der Waals surface area contributed by atoms with Crippen molar-refractivity contribution < 1.29 is 53.8 Å². The molecule has 1 heterocycles. The monoisotopic (exact) mass is 605 g/mol. The van der Waals surface area contributed by atoms with Crippen molar-refractivity contribution in [1.29, 1.82) is 0 Å². The van der Waals surface area contributed by atoms with Crippen LogP contribution in [0.2, 0.25) is 0 Å². The zero-order chi connectivity index (χ0) is 32.4. The molecule has 238 valence electrons. The maximum atomic E-state index is 14.2. The van der Waals surface area contributed by atoms with Gasteiger partial charge in [0.05, 0.1) is 30.3 Å². The number of Topliss-reactive ketones (excluding diaryl/α,β-unsaturated/α-hetero) is 2. The standard InChI is InChI=1S/C31H43NO11/c1-8-10-16(9-2)21(32)23(36)27(39)42-17-12-31(40)26(38)24-29(7,25(37)22(35)20(14(17)3)28(31,5)6)18(34)11-19-30(24,13-41-19)43-15(4)33/h8-10,14,17-21,23-24,26,34,36,38,40H,1-2,11-13,32H2,3-7H3. The Morgan fingerprint density at radius 3 is 2.33 bits per heavy atom. The second-order valence-electron chi connectivity index (χ2n) is 13.2. The SMILES string of the molecule is C=CC=C(C=C)C(N)C(O)C(=O)OC1CC2(O)C(O)C3C4(OC(C)=O)COC4CC(O)C3(C)C(=O)C(=O)C(C1C)C2(C)C. The molecule has 4 rings (SSSR count). The van der Waals surface area contributed by atoms with Crippen LogP contribution in [0.5, 0.6) is 0 Å². The van der Waals surface area contributed by atoms with E-state index in [1.807, 2.05) is 0 Å². The van der Waals surface area contributed by atoms with Crippen LogP contribution in [0.15, 0.2) is 37.0 Å². The van der Waals surface area contributed by atoms with E-state index < -0.39 is 106 Å². The third-order valence-electron chi connectivity index (χ3n) is 10.8. The van der Waals surface area contributed by atoms with E-state index in [0.717, 1.165) is 6.92 Å². The Labute approximate surface area is 250 Å². The molecule has 4 fully saturated rings. The molecular weight excluding hydrogens is 562 g/mol. The fourth-order valence-corrected chi connectivity index (χ4v) is 8.20. The summed E-state index contributed by atoms with van der Waals surface area (Å²) in [6.45, 7) is 14.1. The maximum absolute atomic E-state index is 14.2. The van der Waals surface area contributed by atoms with Crippen LogP contribution in [-0.2, 0) is 33.4 Å². The highest BCUT2D eigenvalue weighted by molar-refractivity contribution is 6.40. The zero-order valence-corrected chi connectivity index (χ0v) is 25.2. The minimum Gasteiger partial charge on any atom is -0.460 e. The van der Waals surface area contributed by atoms with Crippen LogP contribution in [0.3, 0.4) is 0 Å². The van der Waals surface area contributed by atoms with Crippen LogP contribution in [-0.4, -0.2) is 98.3 Å². The van der Waals surface area contributed by atoms with Crippen molar-refractivity contribution in [2.45, 2.75) is 95.2 Å². The van der Waals surface area contributed by atoms with Gasteiger partial charge in [0.15, 0.2) is 11.7 Å². The van der Waals surface area contributed by atoms with Gasteiger partial charge in [0, 0.05) is 42.9 Å². The van der Waals surface area contributed by atoms with Gasteiger partial charge in [0.1, 0.15) is 17.8 Å². The number of allylic oxidation sites excluding steroid dienone is 2. The Balaban J connectivity index is 1.81. The summed E-state index contributed by atoms with van der Waals surface area (Å²) in [7, 11) is 0. The van der Waals surface area contributed by atoms with Crippen molar-refractivity contribution in [1.82, 2.24) is 0 Å². The Morgan fingerprint density at radius 2 is 1.81 bits per heavy atom. The van der Waals surface area contributed by atoms with E-state index >= 15 is 0 Å². The highest BCUT2D eigenvalue weighted by atomic mass is 16.6. The van der Waals surface area contributed by atoms with Crippen LogP contribution in [0.1, 0.15) is 47.5 Å². The Bertz CT molecular complexity index is 1260. The number of ketones is 2. The summed E-state index contributed by atoms with van der Waals surface area (Å²) in [4.78, 5) is 53.8. The molecule has 4 aliphatic rings. The number of rotatable bonds is 7. The summed E-state index contributed by atoms with van der Waals surface area (Å²) >= 11 is 0. The molecule has 1 saturated heterocycles. The molecule has 0 aromatic rings. The lowest BCUT2D eigenvalue weighted by molar-refractivity contribution is -0.350. The van der Waals surface area contributed by atoms with Gasteiger partial charge in [-0.15, -0.1) is 0 Å². The van der Waals surface area contributed by atoms with Crippen LogP contribution < -0.4 is 5.73 Å². The van der Waals surface area contributed by atoms with E-state index in [1.54, 1.807) is 6.92 Å². The predicted molar refractivity (Wildman–Crippen MR) is 151 cm³/mol. The topological polar surface area (TPSA) is 203 Å². The number of esters is 2. The molecule has 1 aliphatic heterocycles. The Hall–Kier alpha value is -2.74. The second-order valence-corrected chi connectivity index (χ2v) is 13.2. The van der Waals surface area contributed by atoms with Crippen LogP contribution in [0, 0.1) is 28.6 Å². The first kappa shape index (κ1) is 33.2. The molecule has 6 N–H and O–H groups in total. The number of nitrogens with two attached hydrogens (primary N) is 1. The quantitative estimate of drug-likeness (QED) is 0.147. The molecule has 12 atom stereocenters. The summed E-state index contributed by atoms with van der Waals surface area (Å²) < 4.78 is 17.0. The number of fused-ring (bicyclic) bond motifs is 5. The maximum Gasteiger partial charge on any atom is 0.337 e. The number of aliphatic hydroxyl groups is 4. The molecule has 12 unspecified atom stereocenters. The van der Waals surface area contributed by atoms with Gasteiger partial charge in [-0.25, -0.2) is 4.79 Å². The Morgan fingerprint density at radius 1 is 1.19 bits per heavy atom. The summed E-state index contributed by atoms with van der Waals surface area (Å²) in [5.41, 5.74) is -0.895. The lowest BCUT2D eigenvalue weighted by Gasteiger charge is -2.67. The first-order valence-electron chi connectivity index (χ1n) is 14.4. The molecule has 0 radical (unpaired) electrons. The van der Waals surface area contributed by atoms with E-state index in [1.165, 1.54) is 39.0 Å². The number of hydrogen-bond donors (Lipinski definition) is 5. The largest absolute Gasteiger partial charge is 0.460 e. The zero-order valence-electron chi connectivity index (χ0n) is 25.2. The van der Waals surface area contributed by atoms with Gasteiger partial charge in [-0.05, 0) is 12.5 Å². The van der Waals surface area contributed by atoms with Crippen molar-refractivity contribution in [3.8, 4) is 0 Å². The first-order valence-corrected chi connectivity index (χ1v) is 14.4. The molecule has 3 saturated carbocycles. The van der Waals surface area contributed by atoms with Gasteiger partial charge in [0.2, 0.25) is 11.6 Å². The predicted octanol–water partition coefficient (Wildman–Crippen LogP) is -0.101. The Kier molecular flexibility index (Phi) is 8.49. The van der Waals surface area contributed by atoms with E-state index in [4.69, 9.17) is 19.9 Å². The van der Waals surface area contributed by atoms with Crippen molar-refractivity contribution in [3.05, 3.63) is 37.0 Å². The van der Waals surface area contributed by atoms with Crippen molar-refractivity contribution in [2.24, 2.45) is 34.3 Å². The second kappa shape index (κ2) is 11.0. The van der Waals surface area contributed by atoms with Gasteiger partial charge >= 0.3 is 11.9 Å². The normalized spacial score (nSPS) is 43.4. The van der Waals surface area contributed by atoms with Gasteiger partial charge in [0.25, 0.3) is 0 Å². The number of carbonyl (C=O) groups excluding carboxylic acids is 4. The molecule has 2 bridgehead atoms. The van der Waals surface area contributed by atoms with Crippen LogP contribution >= 0.6 is 0 Å². The summed E-state index contributed by atoms with van der Waals surface area (Å²) in [6.07, 6.45) is -3.67. The molecule has 12 heteroatoms. The molecule has 0 amide bonds. The van der Waals surface area contributed by atoms with E-state index in [9.17, 15) is 39.6 Å². The van der Waals surface area contributed by atoms with E-state index in [0.29, 0.717) is 5.57 Å². The molecule has 0 aromatic carbocycles. The molecule has 0 aromatic heterocycles. The molecular formula is C31H43NO11. The van der Waals surface area contributed by atoms with Gasteiger partial charge < -0.3 is 40.4 Å². The molecule has 12 nitrogen and oxygen atoms in total. The molecule has 3 aliphatic carbocycles. The molecule has 0 spiro atoms. The summed E-state index contributed by atoms with van der Waals surface area (Å²) in [5.74, 6) is -7.39. The first-order chi connectivity index (χ1) is 19.9. The fraction of sp³-hybridized carbons (Fsp3) is 0.677. The van der Waals surface area contributed by atoms with E-state index in [2.05, 4.69) is 13.2 Å². The minimum atomic E-state index is -2.22. The van der Waals surface area contributed by atoms with E-state index in [-0.39, 0.29) is 13.0 Å². The smallest absolute Gasteiger partial charge is 0.337 e. The number of carbonyl (C=O) groups is 4. The minimum absolute atomic E-state index is 0.139. The lowest BCUT2D eigenvalue weighted by atomic mass is 9.42. The van der Waals surface area contributed by atoms with Crippen molar-refractivity contribution in [2.75, 3.05) is 6.61 Å². The number of hydrogen-bond acceptors (Lipinski definition) is 12. The average Bonchev–Trinajstić information content (AvgIpc) is 2.93. The number of ether oxygens (including phenoxy) is 3. The van der Waals surface area contributed by atoms with Crippen LogP contribution in [0.25, 0.3) is 0 Å². The van der Waals surface area contributed by atoms with Gasteiger partial charge in [-0.3, -0.25) is 14.4 Å². The van der Waals surface area contributed by atoms with Crippen molar-refractivity contribution in [3.63, 3.8) is 0 Å². The van der Waals surface area contributed by atoms with Crippen LogP contribution in [0.4, 0.5) is 0 Å². The summed E-state index contributed by atoms with van der Waals surface area (Å²) in [5, 5.41) is 46.7. The third kappa shape index (κ3) is 4.57. The average molecular weight is 606 g/mol. The summed E-state index contributed by atoms with van der Waals surface area (Å²) in [6, 6.07) is -1.23. The fourth-order valence-electron chi connectivity index (χ4n) is 8.20. The molecule has 43 heavy (non-hydrogen) atoms. The highest BCUT2D eigenvalue weighted by Gasteiger charge is 2.78. The highest BCUT2D eigenvalue weighted by Crippen LogP contribution is 2.63. The van der Waals surface area contributed by atoms with Crippen molar-refractivity contribution >= 4 is 23.5 Å². The van der Waals surface area contributed by atoms with Gasteiger partial charge in [-0.2, -0.15) is 0 Å². The third-order valence-corrected chi connectivity index (χ3v) is 10.8. The number of aliphatic hydroxyl groups excluding tert-OH is 3. The van der Waals surface area contributed by atoms with Gasteiger partial charge in [-0.1, -0.05) is 52.2 Å².